The zero-order chi connectivity index (χ0) is 11.8. The molecule has 0 aromatic heterocycles. The van der Waals surface area contributed by atoms with E-state index in [-0.39, 0.29) is 0 Å². The van der Waals surface area contributed by atoms with Crippen LogP contribution in [0.2, 0.25) is 0 Å². The van der Waals surface area contributed by atoms with Crippen LogP contribution in [-0.4, -0.2) is 26.2 Å². The smallest absolute Gasteiger partial charge is 0.188 e. The van der Waals surface area contributed by atoms with Gasteiger partial charge < -0.3 is 15.8 Å². The number of hydrogen-bond acceptors (Lipinski definition) is 2. The van der Waals surface area contributed by atoms with Crippen molar-refractivity contribution < 1.29 is 4.74 Å². The van der Waals surface area contributed by atoms with Crippen LogP contribution in [0.4, 0.5) is 0 Å². The number of ether oxygens (including phenoxy) is 1. The van der Waals surface area contributed by atoms with Crippen molar-refractivity contribution in [2.75, 3.05) is 20.3 Å². The summed E-state index contributed by atoms with van der Waals surface area (Å²) in [5, 5.41) is 2.96. The Bertz CT molecular complexity index is 355. The summed E-state index contributed by atoms with van der Waals surface area (Å²) in [6.45, 7) is 1.86. The van der Waals surface area contributed by atoms with E-state index >= 15 is 0 Å². The average Bonchev–Trinajstić information content (AvgIpc) is 2.27. The lowest BCUT2D eigenvalue weighted by Crippen LogP contribution is -2.34. The van der Waals surface area contributed by atoms with Gasteiger partial charge in [0.15, 0.2) is 5.96 Å². The lowest BCUT2D eigenvalue weighted by atomic mass is 10.2. The predicted octanol–water partition coefficient (Wildman–Crippen LogP) is 1.50. The van der Waals surface area contributed by atoms with Gasteiger partial charge in [-0.3, -0.25) is 0 Å². The molecule has 0 bridgehead atoms. The first kappa shape index (κ1) is 13.0. The summed E-state index contributed by atoms with van der Waals surface area (Å²) in [5.41, 5.74) is 6.79. The van der Waals surface area contributed by atoms with E-state index in [2.05, 4.69) is 26.2 Å². The van der Waals surface area contributed by atoms with Crippen molar-refractivity contribution in [1.82, 2.24) is 5.32 Å². The lowest BCUT2D eigenvalue weighted by molar-refractivity contribution is 0.204. The normalized spacial score (nSPS) is 11.5. The van der Waals surface area contributed by atoms with Crippen molar-refractivity contribution in [1.29, 1.82) is 0 Å². The summed E-state index contributed by atoms with van der Waals surface area (Å²) in [4.78, 5) is 4.21. The molecule has 0 unspecified atom stereocenters. The van der Waals surface area contributed by atoms with Gasteiger partial charge in [-0.1, -0.05) is 28.1 Å². The molecular weight excluding hydrogens is 270 g/mol. The monoisotopic (exact) mass is 285 g/mol. The second-order valence-corrected chi connectivity index (χ2v) is 4.17. The summed E-state index contributed by atoms with van der Waals surface area (Å²) in [7, 11) is 1.65. The van der Waals surface area contributed by atoms with Gasteiger partial charge in [0.1, 0.15) is 0 Å². The Morgan fingerprint density at radius 1 is 1.56 bits per heavy atom. The molecule has 0 heterocycles. The molecule has 1 rings (SSSR count). The molecule has 0 aliphatic heterocycles. The molecular formula is C11H16BrN3O. The molecule has 0 spiro atoms. The van der Waals surface area contributed by atoms with E-state index in [1.165, 1.54) is 0 Å². The van der Waals surface area contributed by atoms with E-state index in [4.69, 9.17) is 10.5 Å². The van der Waals surface area contributed by atoms with Crippen molar-refractivity contribution >= 4 is 21.9 Å². The maximum absolute atomic E-state index is 5.67. The predicted molar refractivity (Wildman–Crippen MR) is 69.3 cm³/mol. The third-order valence-corrected chi connectivity index (χ3v) is 2.43. The van der Waals surface area contributed by atoms with Crippen LogP contribution in [0, 0.1) is 0 Å². The molecule has 3 N–H and O–H groups in total. The van der Waals surface area contributed by atoms with E-state index < -0.39 is 0 Å². The summed E-state index contributed by atoms with van der Waals surface area (Å²) >= 11 is 3.41. The maximum Gasteiger partial charge on any atom is 0.188 e. The number of benzene rings is 1. The van der Waals surface area contributed by atoms with Crippen LogP contribution in [0.5, 0.6) is 0 Å². The molecule has 0 saturated heterocycles. The number of aliphatic imine (C=N–C) groups is 1. The molecule has 1 aromatic rings. The Hall–Kier alpha value is -1.07. The van der Waals surface area contributed by atoms with Gasteiger partial charge in [0, 0.05) is 18.1 Å². The van der Waals surface area contributed by atoms with Crippen LogP contribution in [0.25, 0.3) is 0 Å². The van der Waals surface area contributed by atoms with Gasteiger partial charge in [-0.25, -0.2) is 4.99 Å². The SMILES string of the molecule is COCCNC(N)=NCc1cccc(Br)c1. The number of rotatable bonds is 5. The molecule has 0 saturated carbocycles. The van der Waals surface area contributed by atoms with E-state index in [1.54, 1.807) is 7.11 Å². The van der Waals surface area contributed by atoms with Crippen LogP contribution in [0.1, 0.15) is 5.56 Å². The highest BCUT2D eigenvalue weighted by Gasteiger charge is 1.94. The minimum Gasteiger partial charge on any atom is -0.383 e. The Labute approximate surface area is 104 Å². The number of hydrogen-bond donors (Lipinski definition) is 2. The molecule has 0 radical (unpaired) electrons. The largest absolute Gasteiger partial charge is 0.383 e. The lowest BCUT2D eigenvalue weighted by Gasteiger charge is -2.04. The fraction of sp³-hybridized carbons (Fsp3) is 0.364. The highest BCUT2D eigenvalue weighted by atomic mass is 79.9. The molecule has 4 nitrogen and oxygen atoms in total. The van der Waals surface area contributed by atoms with Crippen molar-refractivity contribution in [3.05, 3.63) is 34.3 Å². The first-order chi connectivity index (χ1) is 7.72. The molecule has 0 fully saturated rings. The Morgan fingerprint density at radius 2 is 2.38 bits per heavy atom. The van der Waals surface area contributed by atoms with Crippen LogP contribution in [-0.2, 0) is 11.3 Å². The second-order valence-electron chi connectivity index (χ2n) is 3.25. The van der Waals surface area contributed by atoms with Gasteiger partial charge in [0.05, 0.1) is 13.2 Å². The van der Waals surface area contributed by atoms with Gasteiger partial charge >= 0.3 is 0 Å². The fourth-order valence-corrected chi connectivity index (χ4v) is 1.60. The Kier molecular flexibility index (Phi) is 5.88. The number of methoxy groups -OCH3 is 1. The standard InChI is InChI=1S/C11H16BrN3O/c1-16-6-5-14-11(13)15-8-9-3-2-4-10(12)7-9/h2-4,7H,5-6,8H2,1H3,(H3,13,14,15). The summed E-state index contributed by atoms with van der Waals surface area (Å²) < 4.78 is 5.94. The molecule has 88 valence electrons. The number of halogens is 1. The van der Waals surface area contributed by atoms with Gasteiger partial charge in [-0.15, -0.1) is 0 Å². The Balaban J connectivity index is 2.40. The summed E-state index contributed by atoms with van der Waals surface area (Å²) in [6.07, 6.45) is 0. The van der Waals surface area contributed by atoms with Crippen LogP contribution in [0.3, 0.4) is 0 Å². The van der Waals surface area contributed by atoms with Crippen LogP contribution in [0.15, 0.2) is 33.7 Å². The van der Waals surface area contributed by atoms with Gasteiger partial charge in [0.25, 0.3) is 0 Å². The molecule has 16 heavy (non-hydrogen) atoms. The summed E-state index contributed by atoms with van der Waals surface area (Å²) in [6, 6.07) is 7.99. The topological polar surface area (TPSA) is 59.6 Å². The van der Waals surface area contributed by atoms with Crippen molar-refractivity contribution in [2.24, 2.45) is 10.7 Å². The first-order valence-corrected chi connectivity index (χ1v) is 5.79. The molecule has 1 aromatic carbocycles. The zero-order valence-electron chi connectivity index (χ0n) is 9.24. The van der Waals surface area contributed by atoms with E-state index in [0.29, 0.717) is 25.7 Å². The van der Waals surface area contributed by atoms with Crippen molar-refractivity contribution in [2.45, 2.75) is 6.54 Å². The highest BCUT2D eigenvalue weighted by molar-refractivity contribution is 9.10. The molecule has 5 heteroatoms. The average molecular weight is 286 g/mol. The molecule has 0 atom stereocenters. The van der Waals surface area contributed by atoms with Crippen LogP contribution < -0.4 is 11.1 Å². The van der Waals surface area contributed by atoms with E-state index in [9.17, 15) is 0 Å². The van der Waals surface area contributed by atoms with Crippen molar-refractivity contribution in [3.8, 4) is 0 Å². The minimum atomic E-state index is 0.442. The fourth-order valence-electron chi connectivity index (χ4n) is 1.15. The van der Waals surface area contributed by atoms with E-state index in [0.717, 1.165) is 10.0 Å². The highest BCUT2D eigenvalue weighted by Crippen LogP contribution is 2.11. The molecule has 0 aliphatic rings. The molecule has 0 aliphatic carbocycles. The number of nitrogens with one attached hydrogen (secondary N) is 1. The van der Waals surface area contributed by atoms with Crippen molar-refractivity contribution in [3.63, 3.8) is 0 Å². The number of guanidine groups is 1. The molecule has 0 amide bonds. The Morgan fingerprint density at radius 3 is 3.06 bits per heavy atom. The second kappa shape index (κ2) is 7.24. The minimum absolute atomic E-state index is 0.442. The van der Waals surface area contributed by atoms with Crippen LogP contribution >= 0.6 is 15.9 Å². The van der Waals surface area contributed by atoms with Gasteiger partial charge in [0.2, 0.25) is 0 Å². The summed E-state index contributed by atoms with van der Waals surface area (Å²) in [5.74, 6) is 0.442. The maximum atomic E-state index is 5.67. The van der Waals surface area contributed by atoms with Gasteiger partial charge in [-0.05, 0) is 17.7 Å². The quantitative estimate of drug-likeness (QED) is 0.490. The number of nitrogens with two attached hydrogens (primary N) is 1. The third kappa shape index (κ3) is 5.14. The van der Waals surface area contributed by atoms with E-state index in [1.807, 2.05) is 24.3 Å². The first-order valence-electron chi connectivity index (χ1n) is 4.99. The zero-order valence-corrected chi connectivity index (χ0v) is 10.8. The number of nitrogens with zero attached hydrogens (tertiary/aromatic N) is 1. The third-order valence-electron chi connectivity index (χ3n) is 1.93. The van der Waals surface area contributed by atoms with Gasteiger partial charge in [-0.2, -0.15) is 0 Å².